The minimum absolute atomic E-state index is 0.0874. The fraction of sp³-hybridized carbons (Fsp3) is 0.200. The number of hydrogen-bond donors (Lipinski definition) is 1. The van der Waals surface area contributed by atoms with Crippen molar-refractivity contribution in [2.24, 2.45) is 0 Å². The molecule has 1 N–H and O–H groups in total. The van der Waals surface area contributed by atoms with E-state index in [1.165, 1.54) is 6.33 Å². The molecule has 0 amide bonds. The second-order valence-electron chi connectivity index (χ2n) is 2.25. The Labute approximate surface area is 76.4 Å². The third-order valence-electron chi connectivity index (χ3n) is 1.55. The maximum atomic E-state index is 11.1. The molecule has 0 fully saturated rings. The van der Waals surface area contributed by atoms with Gasteiger partial charge in [0.1, 0.15) is 0 Å². The molecular formula is C10H12N2O. The van der Waals surface area contributed by atoms with Crippen LogP contribution in [0.15, 0.2) is 35.4 Å². The number of aromatic nitrogens is 2. The third-order valence-corrected chi connectivity index (χ3v) is 1.55. The van der Waals surface area contributed by atoms with Crippen LogP contribution in [0, 0.1) is 0 Å². The van der Waals surface area contributed by atoms with Crippen LogP contribution in [0.4, 0.5) is 0 Å². The summed E-state index contributed by atoms with van der Waals surface area (Å²) in [6.07, 6.45) is 1.41. The molecule has 0 unspecified atom stereocenters. The molecule has 0 atom stereocenters. The van der Waals surface area contributed by atoms with Crippen LogP contribution >= 0.6 is 0 Å². The maximum absolute atomic E-state index is 11.1. The minimum atomic E-state index is -0.0874. The standard InChI is InChI=1S/C8H6N2O.C2H6/c11-8-6-3-1-2-4-7(6)9-5-10-8;1-2/h1-5H,(H,9,10,11);1-2H3. The number of aromatic amines is 1. The van der Waals surface area contributed by atoms with E-state index in [0.717, 1.165) is 5.52 Å². The molecule has 68 valence electrons. The summed E-state index contributed by atoms with van der Waals surface area (Å²) in [5, 5.41) is 0.634. The number of para-hydroxylation sites is 1. The molecular weight excluding hydrogens is 164 g/mol. The van der Waals surface area contributed by atoms with Crippen molar-refractivity contribution in [3.8, 4) is 0 Å². The molecule has 0 spiro atoms. The van der Waals surface area contributed by atoms with Crippen LogP contribution < -0.4 is 5.56 Å². The maximum Gasteiger partial charge on any atom is 0.258 e. The van der Waals surface area contributed by atoms with Gasteiger partial charge in [0, 0.05) is 0 Å². The Morgan fingerprint density at radius 2 is 1.92 bits per heavy atom. The molecule has 2 rings (SSSR count). The third kappa shape index (κ3) is 1.93. The Morgan fingerprint density at radius 3 is 2.62 bits per heavy atom. The number of H-pyrrole nitrogens is 1. The van der Waals surface area contributed by atoms with Crippen LogP contribution in [0.2, 0.25) is 0 Å². The Morgan fingerprint density at radius 1 is 1.23 bits per heavy atom. The lowest BCUT2D eigenvalue weighted by Crippen LogP contribution is -2.05. The quantitative estimate of drug-likeness (QED) is 0.666. The van der Waals surface area contributed by atoms with E-state index in [0.29, 0.717) is 5.39 Å². The average Bonchev–Trinajstić information content (AvgIpc) is 2.22. The Kier molecular flexibility index (Phi) is 3.20. The summed E-state index contributed by atoms with van der Waals surface area (Å²) in [5.41, 5.74) is 0.645. The van der Waals surface area contributed by atoms with Gasteiger partial charge in [-0.25, -0.2) is 4.98 Å². The first kappa shape index (κ1) is 9.45. The highest BCUT2D eigenvalue weighted by Crippen LogP contribution is 2.02. The van der Waals surface area contributed by atoms with E-state index in [1.54, 1.807) is 6.07 Å². The van der Waals surface area contributed by atoms with E-state index in [2.05, 4.69) is 9.97 Å². The van der Waals surface area contributed by atoms with Gasteiger partial charge in [0.25, 0.3) is 5.56 Å². The van der Waals surface area contributed by atoms with E-state index in [-0.39, 0.29) is 5.56 Å². The number of nitrogens with one attached hydrogen (secondary N) is 1. The number of nitrogens with zero attached hydrogens (tertiary/aromatic N) is 1. The zero-order valence-corrected chi connectivity index (χ0v) is 7.74. The van der Waals surface area contributed by atoms with Gasteiger partial charge < -0.3 is 4.98 Å². The number of fused-ring (bicyclic) bond motifs is 1. The molecule has 1 heterocycles. The van der Waals surface area contributed by atoms with Crippen molar-refractivity contribution >= 4 is 10.9 Å². The van der Waals surface area contributed by atoms with Crippen molar-refractivity contribution in [2.45, 2.75) is 13.8 Å². The van der Waals surface area contributed by atoms with Crippen LogP contribution in [0.1, 0.15) is 13.8 Å². The van der Waals surface area contributed by atoms with Crippen molar-refractivity contribution in [3.05, 3.63) is 40.9 Å². The Hall–Kier alpha value is -1.64. The largest absolute Gasteiger partial charge is 0.313 e. The van der Waals surface area contributed by atoms with Gasteiger partial charge in [-0.1, -0.05) is 26.0 Å². The summed E-state index contributed by atoms with van der Waals surface area (Å²) in [7, 11) is 0. The summed E-state index contributed by atoms with van der Waals surface area (Å²) in [4.78, 5) is 17.6. The predicted octanol–water partition coefficient (Wildman–Crippen LogP) is 1.95. The molecule has 2 aromatic rings. The lowest BCUT2D eigenvalue weighted by atomic mass is 10.2. The summed E-state index contributed by atoms with van der Waals surface area (Å²) in [6, 6.07) is 7.24. The first-order valence-corrected chi connectivity index (χ1v) is 4.30. The molecule has 3 nitrogen and oxygen atoms in total. The van der Waals surface area contributed by atoms with Crippen molar-refractivity contribution in [2.75, 3.05) is 0 Å². The second-order valence-corrected chi connectivity index (χ2v) is 2.25. The topological polar surface area (TPSA) is 45.8 Å². The summed E-state index contributed by atoms with van der Waals surface area (Å²) in [5.74, 6) is 0. The van der Waals surface area contributed by atoms with E-state index < -0.39 is 0 Å². The number of hydrogen-bond acceptors (Lipinski definition) is 2. The molecule has 0 bridgehead atoms. The first-order valence-electron chi connectivity index (χ1n) is 4.30. The predicted molar refractivity (Wildman–Crippen MR) is 53.7 cm³/mol. The van der Waals surface area contributed by atoms with Gasteiger partial charge in [-0.3, -0.25) is 4.79 Å². The van der Waals surface area contributed by atoms with Gasteiger partial charge in [0.2, 0.25) is 0 Å². The lowest BCUT2D eigenvalue weighted by molar-refractivity contribution is 1.17. The highest BCUT2D eigenvalue weighted by atomic mass is 16.1. The van der Waals surface area contributed by atoms with Gasteiger partial charge in [0.05, 0.1) is 17.2 Å². The molecule has 0 radical (unpaired) electrons. The molecule has 0 saturated heterocycles. The SMILES string of the molecule is CC.O=c1[nH]cnc2ccccc12. The van der Waals surface area contributed by atoms with Crippen LogP contribution in [-0.2, 0) is 0 Å². The molecule has 3 heteroatoms. The summed E-state index contributed by atoms with van der Waals surface area (Å²) in [6.45, 7) is 4.00. The van der Waals surface area contributed by atoms with E-state index >= 15 is 0 Å². The molecule has 0 aliphatic carbocycles. The average molecular weight is 176 g/mol. The highest BCUT2D eigenvalue weighted by Gasteiger charge is 1.94. The van der Waals surface area contributed by atoms with Gasteiger partial charge in [-0.05, 0) is 12.1 Å². The number of benzene rings is 1. The fourth-order valence-corrected chi connectivity index (χ4v) is 1.02. The van der Waals surface area contributed by atoms with Crippen molar-refractivity contribution < 1.29 is 0 Å². The van der Waals surface area contributed by atoms with E-state index in [1.807, 2.05) is 32.0 Å². The van der Waals surface area contributed by atoms with Crippen molar-refractivity contribution in [1.82, 2.24) is 9.97 Å². The zero-order valence-electron chi connectivity index (χ0n) is 7.74. The number of rotatable bonds is 0. The Bertz CT molecular complexity index is 429. The van der Waals surface area contributed by atoms with E-state index in [9.17, 15) is 4.79 Å². The molecule has 0 aliphatic rings. The summed E-state index contributed by atoms with van der Waals surface area (Å²) >= 11 is 0. The zero-order chi connectivity index (χ0) is 9.68. The monoisotopic (exact) mass is 176 g/mol. The van der Waals surface area contributed by atoms with Gasteiger partial charge in [-0.2, -0.15) is 0 Å². The normalized spacial score (nSPS) is 9.08. The van der Waals surface area contributed by atoms with Crippen LogP contribution in [0.3, 0.4) is 0 Å². The lowest BCUT2D eigenvalue weighted by Gasteiger charge is -1.91. The first-order chi connectivity index (χ1) is 6.38. The van der Waals surface area contributed by atoms with Gasteiger partial charge in [-0.15, -0.1) is 0 Å². The van der Waals surface area contributed by atoms with Crippen LogP contribution in [0.5, 0.6) is 0 Å². The van der Waals surface area contributed by atoms with Gasteiger partial charge >= 0.3 is 0 Å². The van der Waals surface area contributed by atoms with E-state index in [4.69, 9.17) is 0 Å². The molecule has 1 aromatic heterocycles. The second kappa shape index (κ2) is 4.40. The molecule has 0 saturated carbocycles. The molecule has 0 aliphatic heterocycles. The Balaban J connectivity index is 0.000000396. The van der Waals surface area contributed by atoms with Crippen molar-refractivity contribution in [3.63, 3.8) is 0 Å². The van der Waals surface area contributed by atoms with Crippen LogP contribution in [-0.4, -0.2) is 9.97 Å². The smallest absolute Gasteiger partial charge is 0.258 e. The molecule has 13 heavy (non-hydrogen) atoms. The fourth-order valence-electron chi connectivity index (χ4n) is 1.02. The summed E-state index contributed by atoms with van der Waals surface area (Å²) < 4.78 is 0. The molecule has 1 aromatic carbocycles. The minimum Gasteiger partial charge on any atom is -0.313 e. The van der Waals surface area contributed by atoms with Crippen LogP contribution in [0.25, 0.3) is 10.9 Å². The van der Waals surface area contributed by atoms with Crippen molar-refractivity contribution in [1.29, 1.82) is 0 Å². The highest BCUT2D eigenvalue weighted by molar-refractivity contribution is 5.76. The van der Waals surface area contributed by atoms with Gasteiger partial charge in [0.15, 0.2) is 0 Å².